The molecule has 23 heavy (non-hydrogen) atoms. The van der Waals surface area contributed by atoms with Gasteiger partial charge in [0.05, 0.1) is 30.8 Å². The van der Waals surface area contributed by atoms with Gasteiger partial charge in [-0.05, 0) is 17.7 Å². The van der Waals surface area contributed by atoms with Crippen LogP contribution in [0.25, 0.3) is 11.6 Å². The van der Waals surface area contributed by atoms with Gasteiger partial charge in [0.1, 0.15) is 0 Å². The molecule has 0 heterocycles. The zero-order chi connectivity index (χ0) is 16.8. The lowest BCUT2D eigenvalue weighted by Gasteiger charge is -2.10. The van der Waals surface area contributed by atoms with E-state index in [1.54, 1.807) is 36.4 Å². The highest BCUT2D eigenvalue weighted by Crippen LogP contribution is 2.33. The Morgan fingerprint density at radius 2 is 1.96 bits per heavy atom. The Morgan fingerprint density at radius 1 is 1.22 bits per heavy atom. The van der Waals surface area contributed by atoms with Crippen LogP contribution in [0.1, 0.15) is 11.1 Å². The highest BCUT2D eigenvalue weighted by atomic mass is 16.6. The Morgan fingerprint density at radius 3 is 2.57 bits per heavy atom. The topological polar surface area (TPSA) is 85.4 Å². The number of nitriles is 1. The Hall–Kier alpha value is -3.33. The first-order valence-electron chi connectivity index (χ1n) is 6.68. The van der Waals surface area contributed by atoms with Gasteiger partial charge in [-0.25, -0.2) is 0 Å². The van der Waals surface area contributed by atoms with Crippen molar-refractivity contribution in [2.75, 3.05) is 14.2 Å². The molecule has 116 valence electrons. The molecule has 0 radical (unpaired) electrons. The average Bonchev–Trinajstić information content (AvgIpc) is 2.59. The maximum atomic E-state index is 10.9. The second-order valence-corrected chi connectivity index (χ2v) is 4.56. The first-order valence-corrected chi connectivity index (χ1v) is 6.68. The highest BCUT2D eigenvalue weighted by Gasteiger charge is 2.12. The molecule has 0 saturated carbocycles. The first kappa shape index (κ1) is 16.0. The summed E-state index contributed by atoms with van der Waals surface area (Å²) in [6.45, 7) is 0. The number of allylic oxidation sites excluding steroid dienone is 1. The maximum Gasteiger partial charge on any atom is 0.270 e. The fourth-order valence-electron chi connectivity index (χ4n) is 2.15. The summed E-state index contributed by atoms with van der Waals surface area (Å²) in [6.07, 6.45) is 1.61. The molecule has 0 aromatic heterocycles. The summed E-state index contributed by atoms with van der Waals surface area (Å²) < 4.78 is 10.5. The van der Waals surface area contributed by atoms with E-state index in [1.807, 2.05) is 0 Å². The van der Waals surface area contributed by atoms with Crippen molar-refractivity contribution in [3.8, 4) is 17.6 Å². The molecule has 0 N–H and O–H groups in total. The fourth-order valence-corrected chi connectivity index (χ4v) is 2.15. The predicted molar refractivity (Wildman–Crippen MR) is 86.1 cm³/mol. The van der Waals surface area contributed by atoms with Crippen LogP contribution in [0.15, 0.2) is 42.5 Å². The van der Waals surface area contributed by atoms with E-state index in [-0.39, 0.29) is 5.69 Å². The van der Waals surface area contributed by atoms with Gasteiger partial charge in [0.2, 0.25) is 0 Å². The number of benzene rings is 2. The van der Waals surface area contributed by atoms with Crippen molar-refractivity contribution in [2.45, 2.75) is 0 Å². The lowest BCUT2D eigenvalue weighted by atomic mass is 10.0. The van der Waals surface area contributed by atoms with Crippen LogP contribution in [0.5, 0.6) is 11.5 Å². The quantitative estimate of drug-likeness (QED) is 0.364. The summed E-state index contributed by atoms with van der Waals surface area (Å²) in [6, 6.07) is 13.3. The number of para-hydroxylation sites is 1. The number of hydrogen-bond acceptors (Lipinski definition) is 5. The molecule has 0 saturated heterocycles. The molecular formula is C17H14N2O4. The summed E-state index contributed by atoms with van der Waals surface area (Å²) in [7, 11) is 3.03. The molecule has 0 amide bonds. The predicted octanol–water partition coefficient (Wildman–Crippen LogP) is 3.68. The Kier molecular flexibility index (Phi) is 4.95. The summed E-state index contributed by atoms with van der Waals surface area (Å²) in [4.78, 5) is 10.4. The third-order valence-electron chi connectivity index (χ3n) is 3.22. The molecule has 2 aromatic carbocycles. The van der Waals surface area contributed by atoms with Gasteiger partial charge in [-0.3, -0.25) is 10.1 Å². The number of methoxy groups -OCH3 is 2. The Labute approximate surface area is 133 Å². The van der Waals surface area contributed by atoms with Crippen LogP contribution in [-0.4, -0.2) is 19.1 Å². The Balaban J connectivity index is 2.54. The minimum atomic E-state index is -0.495. The van der Waals surface area contributed by atoms with E-state index in [2.05, 4.69) is 6.07 Å². The van der Waals surface area contributed by atoms with E-state index in [0.29, 0.717) is 28.2 Å². The summed E-state index contributed by atoms with van der Waals surface area (Å²) in [5.74, 6) is 1.03. The fraction of sp³-hybridized carbons (Fsp3) is 0.118. The molecule has 0 unspecified atom stereocenters. The summed E-state index contributed by atoms with van der Waals surface area (Å²) in [5.41, 5.74) is 1.34. The van der Waals surface area contributed by atoms with Gasteiger partial charge in [0, 0.05) is 17.7 Å². The lowest BCUT2D eigenvalue weighted by Crippen LogP contribution is -1.93. The molecule has 0 aliphatic rings. The van der Waals surface area contributed by atoms with E-state index in [1.165, 1.54) is 26.4 Å². The van der Waals surface area contributed by atoms with Gasteiger partial charge in [-0.1, -0.05) is 24.3 Å². The molecule has 0 aliphatic heterocycles. The number of rotatable bonds is 5. The van der Waals surface area contributed by atoms with E-state index >= 15 is 0 Å². The van der Waals surface area contributed by atoms with E-state index in [9.17, 15) is 15.4 Å². The van der Waals surface area contributed by atoms with Crippen molar-refractivity contribution in [2.24, 2.45) is 0 Å². The van der Waals surface area contributed by atoms with Crippen molar-refractivity contribution in [1.82, 2.24) is 0 Å². The van der Waals surface area contributed by atoms with Crippen molar-refractivity contribution in [3.05, 3.63) is 63.7 Å². The zero-order valence-corrected chi connectivity index (χ0v) is 12.6. The molecule has 0 spiro atoms. The standard InChI is InChI=1S/C17H14N2O4/c1-22-16-8-4-6-13(17(16)23-2)9-14(11-18)12-5-3-7-15(10-12)19(20)21/h3-10H,1-2H3/b14-9-. The minimum absolute atomic E-state index is 0.0683. The van der Waals surface area contributed by atoms with Gasteiger partial charge >= 0.3 is 0 Å². The number of ether oxygens (including phenoxy) is 2. The van der Waals surface area contributed by atoms with Crippen molar-refractivity contribution in [3.63, 3.8) is 0 Å². The van der Waals surface area contributed by atoms with Gasteiger partial charge in [-0.2, -0.15) is 5.26 Å². The van der Waals surface area contributed by atoms with Crippen LogP contribution in [0.2, 0.25) is 0 Å². The third-order valence-corrected chi connectivity index (χ3v) is 3.22. The smallest absolute Gasteiger partial charge is 0.270 e. The molecule has 2 rings (SSSR count). The molecule has 6 nitrogen and oxygen atoms in total. The molecule has 0 aliphatic carbocycles. The van der Waals surface area contributed by atoms with E-state index in [4.69, 9.17) is 9.47 Å². The molecule has 0 bridgehead atoms. The molecule has 0 fully saturated rings. The molecule has 0 atom stereocenters. The summed E-state index contributed by atoms with van der Waals surface area (Å²) >= 11 is 0. The monoisotopic (exact) mass is 310 g/mol. The maximum absolute atomic E-state index is 10.9. The number of nitro groups is 1. The van der Waals surface area contributed by atoms with Crippen LogP contribution in [0.4, 0.5) is 5.69 Å². The minimum Gasteiger partial charge on any atom is -0.493 e. The number of nitrogens with zero attached hydrogens (tertiary/aromatic N) is 2. The van der Waals surface area contributed by atoms with E-state index < -0.39 is 4.92 Å². The molecule has 2 aromatic rings. The first-order chi connectivity index (χ1) is 11.1. The number of nitro benzene ring substituents is 1. The normalized spacial score (nSPS) is 10.7. The van der Waals surface area contributed by atoms with Crippen molar-refractivity contribution in [1.29, 1.82) is 5.26 Å². The average molecular weight is 310 g/mol. The van der Waals surface area contributed by atoms with Crippen LogP contribution >= 0.6 is 0 Å². The van der Waals surface area contributed by atoms with Crippen molar-refractivity contribution < 1.29 is 14.4 Å². The van der Waals surface area contributed by atoms with Crippen molar-refractivity contribution >= 4 is 17.3 Å². The third kappa shape index (κ3) is 3.47. The summed E-state index contributed by atoms with van der Waals surface area (Å²) in [5, 5.41) is 20.3. The van der Waals surface area contributed by atoms with Crippen LogP contribution in [0.3, 0.4) is 0 Å². The Bertz CT molecular complexity index is 806. The van der Waals surface area contributed by atoms with Gasteiger partial charge in [0.25, 0.3) is 5.69 Å². The van der Waals surface area contributed by atoms with Crippen LogP contribution < -0.4 is 9.47 Å². The molecular weight excluding hydrogens is 296 g/mol. The lowest BCUT2D eigenvalue weighted by molar-refractivity contribution is -0.384. The molecule has 6 heteroatoms. The largest absolute Gasteiger partial charge is 0.493 e. The SMILES string of the molecule is COc1cccc(/C=C(/C#N)c2cccc([N+](=O)[O-])c2)c1OC. The van der Waals surface area contributed by atoms with Gasteiger partial charge in [-0.15, -0.1) is 0 Å². The second-order valence-electron chi connectivity index (χ2n) is 4.56. The second kappa shape index (κ2) is 7.09. The number of non-ortho nitro benzene ring substituents is 1. The highest BCUT2D eigenvalue weighted by molar-refractivity contribution is 5.91. The number of hydrogen-bond donors (Lipinski definition) is 0. The van der Waals surface area contributed by atoms with Crippen LogP contribution in [0, 0.1) is 21.4 Å². The van der Waals surface area contributed by atoms with Crippen LogP contribution in [-0.2, 0) is 0 Å². The van der Waals surface area contributed by atoms with Gasteiger partial charge < -0.3 is 9.47 Å². The van der Waals surface area contributed by atoms with E-state index in [0.717, 1.165) is 0 Å². The van der Waals surface area contributed by atoms with Gasteiger partial charge in [0.15, 0.2) is 11.5 Å². The zero-order valence-electron chi connectivity index (χ0n) is 12.6.